The third-order valence-corrected chi connectivity index (χ3v) is 11.0. The van der Waals surface area contributed by atoms with Crippen molar-refractivity contribution in [3.8, 4) is 22.6 Å². The largest absolute Gasteiger partial charge is 0.496 e. The minimum atomic E-state index is -0.618. The first kappa shape index (κ1) is 40.2. The predicted octanol–water partition coefficient (Wildman–Crippen LogP) is 5.56. The van der Waals surface area contributed by atoms with Gasteiger partial charge in [-0.05, 0) is 62.2 Å². The maximum Gasteiger partial charge on any atom is 0.274 e. The number of aryl methyl sites for hydroxylation is 2. The average Bonchev–Trinajstić information content (AvgIpc) is 3.73. The number of piperidine rings is 1. The zero-order valence-corrected chi connectivity index (χ0v) is 33.2. The number of unbranched alkanes of at least 4 members (excludes halogenated alkanes) is 6. The van der Waals surface area contributed by atoms with Crippen molar-refractivity contribution < 1.29 is 28.7 Å². The van der Waals surface area contributed by atoms with Gasteiger partial charge in [-0.1, -0.05) is 38.2 Å². The molecular formula is C43H54N6O7. The number of likely N-dealkylation sites (N-methyl/N-ethyl adjacent to an activating group) is 1. The molecule has 0 saturated carbocycles. The van der Waals surface area contributed by atoms with Crippen LogP contribution < -0.4 is 25.7 Å². The van der Waals surface area contributed by atoms with E-state index in [-0.39, 0.29) is 29.6 Å². The SMILES string of the molecule is COc1cc(-c2cn(C)c(=O)c3c2ccn3C)cc(OC)c1CN(C)CC(=O)CCCCCCCCCNc1cccc2c1CN(C1CCC(=O)NC1=O)C2=O. The number of nitrogens with one attached hydrogen (secondary N) is 2. The molecule has 13 heteroatoms. The number of amides is 3. The maximum absolute atomic E-state index is 13.1. The van der Waals surface area contributed by atoms with Crippen LogP contribution in [0.3, 0.4) is 0 Å². The lowest BCUT2D eigenvalue weighted by Gasteiger charge is -2.29. The Morgan fingerprint density at radius 1 is 0.911 bits per heavy atom. The summed E-state index contributed by atoms with van der Waals surface area (Å²) in [5.74, 6) is 0.671. The summed E-state index contributed by atoms with van der Waals surface area (Å²) in [6, 6.07) is 10.9. The molecule has 1 saturated heterocycles. The van der Waals surface area contributed by atoms with E-state index in [1.807, 2.05) is 66.3 Å². The van der Waals surface area contributed by atoms with Crippen molar-refractivity contribution >= 4 is 40.1 Å². The number of methoxy groups -OCH3 is 2. The molecule has 13 nitrogen and oxygen atoms in total. The minimum absolute atomic E-state index is 0.0592. The number of hydrogen-bond donors (Lipinski definition) is 2. The molecule has 1 atom stereocenters. The Balaban J connectivity index is 0.891. The molecule has 6 rings (SSSR count). The summed E-state index contributed by atoms with van der Waals surface area (Å²) in [6.45, 7) is 1.96. The molecule has 2 aromatic heterocycles. The lowest BCUT2D eigenvalue weighted by atomic mass is 10.00. The van der Waals surface area contributed by atoms with Gasteiger partial charge in [-0.3, -0.25) is 34.2 Å². The summed E-state index contributed by atoms with van der Waals surface area (Å²) in [5.41, 5.74) is 5.65. The summed E-state index contributed by atoms with van der Waals surface area (Å²) < 4.78 is 15.1. The average molecular weight is 767 g/mol. The van der Waals surface area contributed by atoms with E-state index in [1.165, 1.54) is 0 Å². The number of benzene rings is 2. The number of Topliss-reactive ketones (excluding diaryl/α,β-unsaturated/α-hetero) is 1. The van der Waals surface area contributed by atoms with E-state index in [1.54, 1.807) is 36.8 Å². The molecule has 2 aromatic carbocycles. The van der Waals surface area contributed by atoms with Crippen LogP contribution in [0, 0.1) is 0 Å². The monoisotopic (exact) mass is 766 g/mol. The van der Waals surface area contributed by atoms with Gasteiger partial charge in [0.05, 0.1) is 26.3 Å². The quantitative estimate of drug-likeness (QED) is 0.0927. The van der Waals surface area contributed by atoms with Gasteiger partial charge in [-0.2, -0.15) is 0 Å². The lowest BCUT2D eigenvalue weighted by Crippen LogP contribution is -2.52. The number of carbonyl (C=O) groups excluding carboxylic acids is 4. The third-order valence-electron chi connectivity index (χ3n) is 11.0. The van der Waals surface area contributed by atoms with E-state index >= 15 is 0 Å². The number of rotatable bonds is 19. The van der Waals surface area contributed by atoms with E-state index in [2.05, 4.69) is 10.6 Å². The van der Waals surface area contributed by atoms with Crippen LogP contribution in [-0.4, -0.2) is 82.8 Å². The highest BCUT2D eigenvalue weighted by Gasteiger charge is 2.39. The number of fused-ring (bicyclic) bond motifs is 2. The molecular weight excluding hydrogens is 713 g/mol. The van der Waals surface area contributed by atoms with Crippen molar-refractivity contribution in [3.63, 3.8) is 0 Å². The number of anilines is 1. The molecule has 0 bridgehead atoms. The van der Waals surface area contributed by atoms with Gasteiger partial charge >= 0.3 is 0 Å². The topological polar surface area (TPSA) is 144 Å². The number of carbonyl (C=O) groups is 4. The van der Waals surface area contributed by atoms with Crippen LogP contribution in [0.1, 0.15) is 85.7 Å². The van der Waals surface area contributed by atoms with Gasteiger partial charge in [-0.15, -0.1) is 0 Å². The number of ketones is 1. The van der Waals surface area contributed by atoms with Crippen LogP contribution in [-0.2, 0) is 41.6 Å². The zero-order valence-electron chi connectivity index (χ0n) is 33.2. The fraction of sp³-hybridized carbons (Fsp3) is 0.465. The second kappa shape index (κ2) is 18.0. The standard InChI is InChI=1S/C43H54N6O7/c1-46(25-34-37(55-4)22-28(23-38(34)56-5)32-26-48(3)43(54)40-30(32)19-21-47(40)2)24-29(50)14-11-9-7-6-8-10-12-20-44-35-16-13-15-31-33(35)27-49(42(31)53)36-17-18-39(51)45-41(36)52/h13,15-16,19,21-23,26,36,44H,6-12,14,17-18,20,24-25,27H2,1-5H3,(H,45,51,52). The van der Waals surface area contributed by atoms with Crippen molar-refractivity contribution in [1.29, 1.82) is 0 Å². The van der Waals surface area contributed by atoms with Gasteiger partial charge in [0.15, 0.2) is 0 Å². The van der Waals surface area contributed by atoms with Crippen molar-refractivity contribution in [2.45, 2.75) is 83.3 Å². The van der Waals surface area contributed by atoms with E-state index in [4.69, 9.17) is 9.47 Å². The Bertz CT molecular complexity index is 2150. The Morgan fingerprint density at radius 2 is 1.61 bits per heavy atom. The number of nitrogens with zero attached hydrogens (tertiary/aromatic N) is 4. The molecule has 2 N–H and O–H groups in total. The van der Waals surface area contributed by atoms with Crippen LogP contribution >= 0.6 is 0 Å². The highest BCUT2D eigenvalue weighted by atomic mass is 16.5. The van der Waals surface area contributed by atoms with Crippen LogP contribution in [0.25, 0.3) is 22.0 Å². The smallest absolute Gasteiger partial charge is 0.274 e. The summed E-state index contributed by atoms with van der Waals surface area (Å²) in [7, 11) is 8.81. The molecule has 0 radical (unpaired) electrons. The highest BCUT2D eigenvalue weighted by molar-refractivity contribution is 6.06. The first-order valence-electron chi connectivity index (χ1n) is 19.6. The number of aromatic nitrogens is 2. The number of hydrogen-bond acceptors (Lipinski definition) is 9. The third kappa shape index (κ3) is 8.83. The molecule has 2 aliphatic heterocycles. The van der Waals surface area contributed by atoms with Crippen molar-refractivity contribution in [3.05, 3.63) is 75.8 Å². The Hall–Kier alpha value is -5.43. The lowest BCUT2D eigenvalue weighted by molar-refractivity contribution is -0.137. The summed E-state index contributed by atoms with van der Waals surface area (Å²) in [6.07, 6.45) is 12.2. The second-order valence-corrected chi connectivity index (χ2v) is 15.1. The molecule has 1 fully saturated rings. The number of imide groups is 1. The zero-order chi connectivity index (χ0) is 39.9. The fourth-order valence-electron chi connectivity index (χ4n) is 8.04. The van der Waals surface area contributed by atoms with E-state index in [0.717, 1.165) is 84.8 Å². The summed E-state index contributed by atoms with van der Waals surface area (Å²) in [4.78, 5) is 66.4. The van der Waals surface area contributed by atoms with Crippen LogP contribution in [0.15, 0.2) is 53.6 Å². The molecule has 3 amide bonds. The van der Waals surface area contributed by atoms with Gasteiger partial charge < -0.3 is 28.8 Å². The molecule has 298 valence electrons. The summed E-state index contributed by atoms with van der Waals surface area (Å²) in [5, 5.41) is 6.71. The molecule has 0 aliphatic carbocycles. The first-order chi connectivity index (χ1) is 27.0. The molecule has 2 aliphatic rings. The van der Waals surface area contributed by atoms with E-state index in [0.29, 0.717) is 55.1 Å². The van der Waals surface area contributed by atoms with Gasteiger partial charge in [0.25, 0.3) is 11.5 Å². The molecule has 1 unspecified atom stereocenters. The molecule has 0 spiro atoms. The fourth-order valence-corrected chi connectivity index (χ4v) is 8.04. The van der Waals surface area contributed by atoms with E-state index in [9.17, 15) is 24.0 Å². The van der Waals surface area contributed by atoms with Gasteiger partial charge in [0.1, 0.15) is 28.8 Å². The number of pyridine rings is 1. The first-order valence-corrected chi connectivity index (χ1v) is 19.6. The maximum atomic E-state index is 13.1. The molecule has 56 heavy (non-hydrogen) atoms. The minimum Gasteiger partial charge on any atom is -0.496 e. The second-order valence-electron chi connectivity index (χ2n) is 15.1. The van der Waals surface area contributed by atoms with Crippen LogP contribution in [0.5, 0.6) is 11.5 Å². The molecule has 4 aromatic rings. The predicted molar refractivity (Wildman–Crippen MR) is 216 cm³/mol. The number of ether oxygens (including phenoxy) is 2. The Kier molecular flexibility index (Phi) is 12.9. The molecule has 4 heterocycles. The van der Waals surface area contributed by atoms with Crippen molar-refractivity contribution in [2.24, 2.45) is 14.1 Å². The Labute approximate surface area is 327 Å². The normalized spacial score (nSPS) is 15.4. The van der Waals surface area contributed by atoms with Gasteiger partial charge in [0, 0.05) is 86.7 Å². The summed E-state index contributed by atoms with van der Waals surface area (Å²) >= 11 is 0. The van der Waals surface area contributed by atoms with E-state index < -0.39 is 11.9 Å². The highest BCUT2D eigenvalue weighted by Crippen LogP contribution is 2.38. The van der Waals surface area contributed by atoms with Crippen molar-refractivity contribution in [1.82, 2.24) is 24.3 Å². The van der Waals surface area contributed by atoms with Gasteiger partial charge in [0.2, 0.25) is 11.8 Å². The van der Waals surface area contributed by atoms with Crippen molar-refractivity contribution in [2.75, 3.05) is 39.7 Å². The van der Waals surface area contributed by atoms with Crippen LogP contribution in [0.2, 0.25) is 0 Å². The van der Waals surface area contributed by atoms with Gasteiger partial charge in [-0.25, -0.2) is 0 Å². The Morgan fingerprint density at radius 3 is 2.30 bits per heavy atom. The van der Waals surface area contributed by atoms with Crippen LogP contribution in [0.4, 0.5) is 5.69 Å².